The molecule has 0 radical (unpaired) electrons. The Morgan fingerprint density at radius 1 is 1.53 bits per heavy atom. The van der Waals surface area contributed by atoms with Crippen LogP contribution in [0.2, 0.25) is 0 Å². The van der Waals surface area contributed by atoms with Crippen molar-refractivity contribution in [2.75, 3.05) is 13.7 Å². The molecule has 1 N–H and O–H groups in total. The number of rotatable bonds is 5. The largest absolute Gasteiger partial charge is 0.377 e. The molecule has 6 heteroatoms. The number of ether oxygens (including phenoxy) is 1. The Morgan fingerprint density at radius 2 is 2.33 bits per heavy atom. The average molecular weight is 211 g/mol. The molecule has 15 heavy (non-hydrogen) atoms. The van der Waals surface area contributed by atoms with Crippen molar-refractivity contribution in [2.45, 2.75) is 31.4 Å². The topological polar surface area (TPSA) is 64.9 Å². The molecular weight excluding hydrogens is 194 g/mol. The summed E-state index contributed by atoms with van der Waals surface area (Å²) >= 11 is 0. The average Bonchev–Trinajstić information content (AvgIpc) is 2.56. The SMILES string of the molecule is COC1(CNCc2nnn(C)n2)CCC1. The smallest absolute Gasteiger partial charge is 0.188 e. The van der Waals surface area contributed by atoms with Gasteiger partial charge in [0.1, 0.15) is 0 Å². The number of tetrazole rings is 1. The van der Waals surface area contributed by atoms with Gasteiger partial charge in [-0.3, -0.25) is 0 Å². The number of methoxy groups -OCH3 is 1. The van der Waals surface area contributed by atoms with Gasteiger partial charge in [-0.1, -0.05) is 0 Å². The summed E-state index contributed by atoms with van der Waals surface area (Å²) < 4.78 is 5.49. The Bertz CT molecular complexity index is 315. The fourth-order valence-corrected chi connectivity index (χ4v) is 1.82. The van der Waals surface area contributed by atoms with Gasteiger partial charge in [-0.15, -0.1) is 10.2 Å². The van der Waals surface area contributed by atoms with Crippen LogP contribution in [0.4, 0.5) is 0 Å². The lowest BCUT2D eigenvalue weighted by atomic mass is 9.80. The van der Waals surface area contributed by atoms with Crippen molar-refractivity contribution in [1.29, 1.82) is 0 Å². The van der Waals surface area contributed by atoms with Crippen LogP contribution < -0.4 is 5.32 Å². The van der Waals surface area contributed by atoms with Gasteiger partial charge in [0.25, 0.3) is 0 Å². The van der Waals surface area contributed by atoms with E-state index in [4.69, 9.17) is 4.74 Å². The van der Waals surface area contributed by atoms with Gasteiger partial charge in [0.05, 0.1) is 19.2 Å². The minimum Gasteiger partial charge on any atom is -0.377 e. The minimum absolute atomic E-state index is 0.0577. The predicted octanol–water partition coefficient (Wildman–Crippen LogP) is -0.131. The Hall–Kier alpha value is -1.01. The van der Waals surface area contributed by atoms with Crippen LogP contribution in [-0.4, -0.2) is 39.5 Å². The number of nitrogens with one attached hydrogen (secondary N) is 1. The molecule has 0 amide bonds. The highest BCUT2D eigenvalue weighted by molar-refractivity contribution is 4.92. The monoisotopic (exact) mass is 211 g/mol. The van der Waals surface area contributed by atoms with E-state index in [0.717, 1.165) is 25.2 Å². The maximum Gasteiger partial charge on any atom is 0.188 e. The lowest BCUT2D eigenvalue weighted by molar-refractivity contribution is -0.0696. The van der Waals surface area contributed by atoms with Crippen molar-refractivity contribution in [3.8, 4) is 0 Å². The van der Waals surface area contributed by atoms with Gasteiger partial charge in [0.15, 0.2) is 5.82 Å². The van der Waals surface area contributed by atoms with Crippen LogP contribution in [0.3, 0.4) is 0 Å². The molecular formula is C9H17N5O. The summed E-state index contributed by atoms with van der Waals surface area (Å²) in [7, 11) is 3.54. The van der Waals surface area contributed by atoms with Crippen molar-refractivity contribution < 1.29 is 4.74 Å². The van der Waals surface area contributed by atoms with Gasteiger partial charge in [0.2, 0.25) is 0 Å². The summed E-state index contributed by atoms with van der Waals surface area (Å²) in [4.78, 5) is 1.46. The molecule has 0 spiro atoms. The highest BCUT2D eigenvalue weighted by atomic mass is 16.5. The van der Waals surface area contributed by atoms with E-state index < -0.39 is 0 Å². The molecule has 1 saturated carbocycles. The highest BCUT2D eigenvalue weighted by Gasteiger charge is 2.36. The van der Waals surface area contributed by atoms with Crippen LogP contribution in [0.5, 0.6) is 0 Å². The fourth-order valence-electron chi connectivity index (χ4n) is 1.82. The van der Waals surface area contributed by atoms with E-state index in [1.165, 1.54) is 11.2 Å². The van der Waals surface area contributed by atoms with Crippen LogP contribution >= 0.6 is 0 Å². The fraction of sp³-hybridized carbons (Fsp3) is 0.889. The first kappa shape index (κ1) is 10.5. The Labute approximate surface area is 89.0 Å². The van der Waals surface area contributed by atoms with Crippen molar-refractivity contribution >= 4 is 0 Å². The number of hydrogen-bond donors (Lipinski definition) is 1. The summed E-state index contributed by atoms with van der Waals surface area (Å²) in [6, 6.07) is 0. The van der Waals surface area contributed by atoms with Crippen molar-refractivity contribution in [1.82, 2.24) is 25.5 Å². The molecule has 1 aliphatic carbocycles. The molecule has 1 heterocycles. The second-order valence-electron chi connectivity index (χ2n) is 4.04. The van der Waals surface area contributed by atoms with E-state index in [2.05, 4.69) is 20.7 Å². The van der Waals surface area contributed by atoms with E-state index in [0.29, 0.717) is 6.54 Å². The van der Waals surface area contributed by atoms with E-state index in [9.17, 15) is 0 Å². The van der Waals surface area contributed by atoms with Crippen LogP contribution in [0, 0.1) is 0 Å². The van der Waals surface area contributed by atoms with Gasteiger partial charge in [-0.25, -0.2) is 0 Å². The molecule has 1 aromatic heterocycles. The molecule has 1 aromatic rings. The Balaban J connectivity index is 1.74. The van der Waals surface area contributed by atoms with Crippen LogP contribution in [0.25, 0.3) is 0 Å². The molecule has 84 valence electrons. The van der Waals surface area contributed by atoms with Crippen molar-refractivity contribution in [3.05, 3.63) is 5.82 Å². The summed E-state index contributed by atoms with van der Waals surface area (Å²) in [6.45, 7) is 1.51. The summed E-state index contributed by atoms with van der Waals surface area (Å²) in [5.74, 6) is 0.725. The molecule has 1 fully saturated rings. The van der Waals surface area contributed by atoms with Crippen LogP contribution in [-0.2, 0) is 18.3 Å². The van der Waals surface area contributed by atoms with Crippen molar-refractivity contribution in [3.63, 3.8) is 0 Å². The molecule has 0 aromatic carbocycles. The first-order chi connectivity index (χ1) is 7.24. The zero-order valence-corrected chi connectivity index (χ0v) is 9.23. The van der Waals surface area contributed by atoms with E-state index in [1.807, 2.05) is 0 Å². The van der Waals surface area contributed by atoms with Gasteiger partial charge in [0, 0.05) is 13.7 Å². The molecule has 0 bridgehead atoms. The molecule has 1 aliphatic rings. The first-order valence-corrected chi connectivity index (χ1v) is 5.23. The van der Waals surface area contributed by atoms with Gasteiger partial charge < -0.3 is 10.1 Å². The molecule has 0 aliphatic heterocycles. The number of aromatic nitrogens is 4. The third-order valence-corrected chi connectivity index (χ3v) is 2.98. The maximum atomic E-state index is 5.49. The van der Waals surface area contributed by atoms with Gasteiger partial charge in [-0.2, -0.15) is 4.80 Å². The normalized spacial score (nSPS) is 18.8. The summed E-state index contributed by atoms with van der Waals surface area (Å²) in [6.07, 6.45) is 3.55. The quantitative estimate of drug-likeness (QED) is 0.735. The second-order valence-corrected chi connectivity index (χ2v) is 4.04. The van der Waals surface area contributed by atoms with Gasteiger partial charge in [-0.05, 0) is 24.5 Å². The van der Waals surface area contributed by atoms with E-state index in [1.54, 1.807) is 14.2 Å². The zero-order chi connectivity index (χ0) is 10.7. The third kappa shape index (κ3) is 2.32. The van der Waals surface area contributed by atoms with Crippen molar-refractivity contribution in [2.24, 2.45) is 7.05 Å². The molecule has 6 nitrogen and oxygen atoms in total. The summed E-state index contributed by atoms with van der Waals surface area (Å²) in [5, 5.41) is 15.1. The van der Waals surface area contributed by atoms with E-state index in [-0.39, 0.29) is 5.60 Å². The first-order valence-electron chi connectivity index (χ1n) is 5.23. The maximum absolute atomic E-state index is 5.49. The molecule has 0 unspecified atom stereocenters. The standard InChI is InChI=1S/C9H17N5O/c1-14-12-8(11-13-14)6-10-7-9(15-2)4-3-5-9/h10H,3-7H2,1-2H3. The zero-order valence-electron chi connectivity index (χ0n) is 9.23. The van der Waals surface area contributed by atoms with Crippen LogP contribution in [0.15, 0.2) is 0 Å². The minimum atomic E-state index is 0.0577. The number of hydrogen-bond acceptors (Lipinski definition) is 5. The highest BCUT2D eigenvalue weighted by Crippen LogP contribution is 2.34. The van der Waals surface area contributed by atoms with Gasteiger partial charge >= 0.3 is 0 Å². The Morgan fingerprint density at radius 3 is 2.80 bits per heavy atom. The lowest BCUT2D eigenvalue weighted by Gasteiger charge is -2.40. The third-order valence-electron chi connectivity index (χ3n) is 2.98. The molecule has 2 rings (SSSR count). The van der Waals surface area contributed by atoms with E-state index >= 15 is 0 Å². The predicted molar refractivity (Wildman–Crippen MR) is 54.1 cm³/mol. The second kappa shape index (κ2) is 4.24. The lowest BCUT2D eigenvalue weighted by Crippen LogP contribution is -2.47. The molecule has 0 saturated heterocycles. The molecule has 0 atom stereocenters. The van der Waals surface area contributed by atoms with Crippen LogP contribution in [0.1, 0.15) is 25.1 Å². The summed E-state index contributed by atoms with van der Waals surface area (Å²) in [5.41, 5.74) is 0.0577. The number of aryl methyl sites for hydroxylation is 1. The number of nitrogens with zero attached hydrogens (tertiary/aromatic N) is 4. The Kier molecular flexibility index (Phi) is 2.97.